The normalized spacial score (nSPS) is 23.0. The van der Waals surface area contributed by atoms with E-state index in [0.29, 0.717) is 32.0 Å². The molecule has 1 fully saturated rings. The first-order chi connectivity index (χ1) is 10.7. The third kappa shape index (κ3) is 3.50. The molecule has 7 nitrogen and oxygen atoms in total. The van der Waals surface area contributed by atoms with Crippen LogP contribution in [0.15, 0.2) is 17.0 Å². The SMILES string of the molecule is Cc1c(Cl)cc(S(=O)(=O)N2CCC(C)C(CN)C2)cc1[N+](=O)[O-]. The van der Waals surface area contributed by atoms with Crippen molar-refractivity contribution in [1.29, 1.82) is 0 Å². The summed E-state index contributed by atoms with van der Waals surface area (Å²) < 4.78 is 26.9. The van der Waals surface area contributed by atoms with Crippen LogP contribution in [-0.4, -0.2) is 37.3 Å². The standard InChI is InChI=1S/C14H20ClN3O4S/c1-9-3-4-17(8-11(9)7-16)23(21,22)12-5-13(15)10(2)14(6-12)18(19)20/h5-6,9,11H,3-4,7-8,16H2,1-2H3. The fourth-order valence-electron chi connectivity index (χ4n) is 2.77. The van der Waals surface area contributed by atoms with Gasteiger partial charge in [0.05, 0.1) is 14.8 Å². The molecule has 0 aliphatic carbocycles. The summed E-state index contributed by atoms with van der Waals surface area (Å²) in [6, 6.07) is 2.35. The Morgan fingerprint density at radius 2 is 2.13 bits per heavy atom. The second-order valence-corrected chi connectivity index (χ2v) is 8.28. The first kappa shape index (κ1) is 18.1. The minimum atomic E-state index is -3.83. The second-order valence-electron chi connectivity index (χ2n) is 5.93. The molecule has 2 rings (SSSR count). The van der Waals surface area contributed by atoms with Crippen molar-refractivity contribution >= 4 is 27.3 Å². The van der Waals surface area contributed by atoms with Gasteiger partial charge in [0.2, 0.25) is 10.0 Å². The topological polar surface area (TPSA) is 107 Å². The number of sulfonamides is 1. The fraction of sp³-hybridized carbons (Fsp3) is 0.571. The maximum Gasteiger partial charge on any atom is 0.275 e. The Bertz CT molecular complexity index is 723. The molecule has 9 heteroatoms. The lowest BCUT2D eigenvalue weighted by molar-refractivity contribution is -0.385. The third-order valence-electron chi connectivity index (χ3n) is 4.50. The highest BCUT2D eigenvalue weighted by Gasteiger charge is 2.34. The predicted molar refractivity (Wildman–Crippen MR) is 87.9 cm³/mol. The zero-order chi connectivity index (χ0) is 17.4. The minimum Gasteiger partial charge on any atom is -0.330 e. The van der Waals surface area contributed by atoms with Crippen LogP contribution >= 0.6 is 11.6 Å². The van der Waals surface area contributed by atoms with E-state index in [-0.39, 0.29) is 27.1 Å². The van der Waals surface area contributed by atoms with E-state index in [1.807, 2.05) is 0 Å². The molecule has 0 bridgehead atoms. The monoisotopic (exact) mass is 361 g/mol. The van der Waals surface area contributed by atoms with Crippen LogP contribution in [0.2, 0.25) is 5.02 Å². The number of benzene rings is 1. The predicted octanol–water partition coefficient (Wildman–Crippen LogP) is 2.16. The quantitative estimate of drug-likeness (QED) is 0.653. The van der Waals surface area contributed by atoms with E-state index in [0.717, 1.165) is 6.07 Å². The summed E-state index contributed by atoms with van der Waals surface area (Å²) in [5, 5.41) is 11.2. The molecule has 1 aromatic carbocycles. The summed E-state index contributed by atoms with van der Waals surface area (Å²) in [6.45, 7) is 4.64. The van der Waals surface area contributed by atoms with Crippen molar-refractivity contribution in [2.75, 3.05) is 19.6 Å². The van der Waals surface area contributed by atoms with E-state index in [9.17, 15) is 18.5 Å². The van der Waals surface area contributed by atoms with Crippen molar-refractivity contribution in [3.8, 4) is 0 Å². The summed E-state index contributed by atoms with van der Waals surface area (Å²) in [5.41, 5.74) is 5.67. The lowest BCUT2D eigenvalue weighted by atomic mass is 9.88. The first-order valence-corrected chi connectivity index (χ1v) is 9.15. The van der Waals surface area contributed by atoms with Crippen LogP contribution < -0.4 is 5.73 Å². The van der Waals surface area contributed by atoms with Crippen LogP contribution in [-0.2, 0) is 10.0 Å². The van der Waals surface area contributed by atoms with Crippen molar-refractivity contribution < 1.29 is 13.3 Å². The van der Waals surface area contributed by atoms with E-state index < -0.39 is 14.9 Å². The lowest BCUT2D eigenvalue weighted by Gasteiger charge is -2.35. The second kappa shape index (κ2) is 6.72. The van der Waals surface area contributed by atoms with Crippen molar-refractivity contribution in [2.24, 2.45) is 17.6 Å². The molecule has 0 radical (unpaired) electrons. The van der Waals surface area contributed by atoms with Gasteiger partial charge in [-0.25, -0.2) is 8.42 Å². The zero-order valence-electron chi connectivity index (χ0n) is 13.0. The van der Waals surface area contributed by atoms with Crippen LogP contribution in [0.3, 0.4) is 0 Å². The maximum absolute atomic E-state index is 12.8. The Balaban J connectivity index is 2.42. The van der Waals surface area contributed by atoms with Gasteiger partial charge in [-0.3, -0.25) is 10.1 Å². The molecular weight excluding hydrogens is 342 g/mol. The average molecular weight is 362 g/mol. The molecule has 23 heavy (non-hydrogen) atoms. The number of nitro benzene ring substituents is 1. The molecule has 1 aliphatic heterocycles. The van der Waals surface area contributed by atoms with Crippen LogP contribution in [0.1, 0.15) is 18.9 Å². The number of hydrogen-bond donors (Lipinski definition) is 1. The number of hydrogen-bond acceptors (Lipinski definition) is 5. The van der Waals surface area contributed by atoms with Gasteiger partial charge in [-0.2, -0.15) is 4.31 Å². The molecule has 2 atom stereocenters. The van der Waals surface area contributed by atoms with Crippen LogP contribution in [0, 0.1) is 28.9 Å². The van der Waals surface area contributed by atoms with Gasteiger partial charge in [0.25, 0.3) is 5.69 Å². The van der Waals surface area contributed by atoms with Crippen molar-refractivity contribution in [3.05, 3.63) is 32.8 Å². The number of nitrogens with two attached hydrogens (primary N) is 1. The van der Waals surface area contributed by atoms with Crippen molar-refractivity contribution in [3.63, 3.8) is 0 Å². The van der Waals surface area contributed by atoms with Crippen molar-refractivity contribution in [1.82, 2.24) is 4.31 Å². The molecule has 2 unspecified atom stereocenters. The summed E-state index contributed by atoms with van der Waals surface area (Å²) in [4.78, 5) is 10.3. The van der Waals surface area contributed by atoms with Gasteiger partial charge in [-0.05, 0) is 37.8 Å². The number of piperidine rings is 1. The molecule has 1 heterocycles. The summed E-state index contributed by atoms with van der Waals surface area (Å²) in [6.07, 6.45) is 0.711. The minimum absolute atomic E-state index is 0.0681. The number of nitrogens with zero attached hydrogens (tertiary/aromatic N) is 2. The lowest BCUT2D eigenvalue weighted by Crippen LogP contribution is -2.45. The molecular formula is C14H20ClN3O4S. The number of nitro groups is 1. The van der Waals surface area contributed by atoms with Crippen LogP contribution in [0.25, 0.3) is 0 Å². The third-order valence-corrected chi connectivity index (χ3v) is 6.74. The Labute approximate surface area is 140 Å². The molecule has 1 saturated heterocycles. The molecule has 0 aromatic heterocycles. The molecule has 0 saturated carbocycles. The first-order valence-electron chi connectivity index (χ1n) is 7.33. The molecule has 2 N–H and O–H groups in total. The molecule has 0 amide bonds. The average Bonchev–Trinajstić information content (AvgIpc) is 2.49. The molecule has 0 spiro atoms. The van der Waals surface area contributed by atoms with Crippen molar-refractivity contribution in [2.45, 2.75) is 25.2 Å². The largest absolute Gasteiger partial charge is 0.330 e. The Hall–Kier alpha value is -1.22. The number of halogens is 1. The van der Waals surface area contributed by atoms with Gasteiger partial charge in [-0.1, -0.05) is 18.5 Å². The van der Waals surface area contributed by atoms with Gasteiger partial charge in [0.15, 0.2) is 0 Å². The summed E-state index contributed by atoms with van der Waals surface area (Å²) >= 11 is 5.98. The molecule has 1 aromatic rings. The Morgan fingerprint density at radius 3 is 2.70 bits per heavy atom. The van der Waals surface area contributed by atoms with Gasteiger partial charge < -0.3 is 5.73 Å². The molecule has 1 aliphatic rings. The van der Waals surface area contributed by atoms with Gasteiger partial charge >= 0.3 is 0 Å². The zero-order valence-corrected chi connectivity index (χ0v) is 14.6. The highest BCUT2D eigenvalue weighted by molar-refractivity contribution is 7.89. The van der Waals surface area contributed by atoms with Crippen LogP contribution in [0.4, 0.5) is 5.69 Å². The van der Waals surface area contributed by atoms with Gasteiger partial charge in [-0.15, -0.1) is 0 Å². The summed E-state index contributed by atoms with van der Waals surface area (Å²) in [7, 11) is -3.83. The maximum atomic E-state index is 12.8. The van der Waals surface area contributed by atoms with E-state index >= 15 is 0 Å². The number of rotatable bonds is 4. The summed E-state index contributed by atoms with van der Waals surface area (Å²) in [5.74, 6) is 0.428. The highest BCUT2D eigenvalue weighted by Crippen LogP contribution is 2.33. The van der Waals surface area contributed by atoms with Crippen LogP contribution in [0.5, 0.6) is 0 Å². The Kier molecular flexibility index (Phi) is 5.30. The van der Waals surface area contributed by atoms with Gasteiger partial charge in [0.1, 0.15) is 0 Å². The molecule has 128 valence electrons. The Morgan fingerprint density at radius 1 is 1.48 bits per heavy atom. The van der Waals surface area contributed by atoms with E-state index in [2.05, 4.69) is 6.92 Å². The van der Waals surface area contributed by atoms with E-state index in [1.54, 1.807) is 0 Å². The highest BCUT2D eigenvalue weighted by atomic mass is 35.5. The van der Waals surface area contributed by atoms with E-state index in [1.165, 1.54) is 17.3 Å². The smallest absolute Gasteiger partial charge is 0.275 e. The van der Waals surface area contributed by atoms with E-state index in [4.69, 9.17) is 17.3 Å². The fourth-order valence-corrected chi connectivity index (χ4v) is 4.61. The van der Waals surface area contributed by atoms with Gasteiger partial charge in [0, 0.05) is 24.7 Å².